The van der Waals surface area contributed by atoms with E-state index >= 15 is 0 Å². The first-order chi connectivity index (χ1) is 10.0. The molecule has 0 spiro atoms. The van der Waals surface area contributed by atoms with E-state index < -0.39 is 0 Å². The molecule has 0 aromatic heterocycles. The van der Waals surface area contributed by atoms with Crippen molar-refractivity contribution in [1.29, 1.82) is 0 Å². The van der Waals surface area contributed by atoms with Gasteiger partial charge >= 0.3 is 0 Å². The molecular formula is C20H27N. The Morgan fingerprint density at radius 3 is 2.52 bits per heavy atom. The zero-order valence-electron chi connectivity index (χ0n) is 14.0. The molecule has 0 aliphatic rings. The second kappa shape index (κ2) is 8.41. The first-order valence-electron chi connectivity index (χ1n) is 7.59. The zero-order valence-corrected chi connectivity index (χ0v) is 14.0. The molecule has 0 bridgehead atoms. The Labute approximate surface area is 129 Å². The van der Waals surface area contributed by atoms with Gasteiger partial charge in [0.25, 0.3) is 0 Å². The van der Waals surface area contributed by atoms with Crippen LogP contribution >= 0.6 is 0 Å². The summed E-state index contributed by atoms with van der Waals surface area (Å²) in [6.07, 6.45) is 9.02. The highest BCUT2D eigenvalue weighted by atomic mass is 14.7. The first kappa shape index (κ1) is 17.2. The van der Waals surface area contributed by atoms with Crippen molar-refractivity contribution >= 4 is 5.71 Å². The summed E-state index contributed by atoms with van der Waals surface area (Å²) in [7, 11) is 0. The summed E-state index contributed by atoms with van der Waals surface area (Å²) in [6.45, 7) is 15.2. The van der Waals surface area contributed by atoms with Gasteiger partial charge in [0, 0.05) is 5.71 Å². The molecule has 0 fully saturated rings. The van der Waals surface area contributed by atoms with E-state index in [0.29, 0.717) is 6.54 Å². The van der Waals surface area contributed by atoms with Gasteiger partial charge in [-0.3, -0.25) is 4.99 Å². The molecule has 21 heavy (non-hydrogen) atoms. The highest BCUT2D eigenvalue weighted by Gasteiger charge is 2.06. The highest BCUT2D eigenvalue weighted by Crippen LogP contribution is 2.18. The van der Waals surface area contributed by atoms with Crippen LogP contribution in [-0.4, -0.2) is 12.3 Å². The van der Waals surface area contributed by atoms with Crippen LogP contribution in [0.15, 0.2) is 53.6 Å². The van der Waals surface area contributed by atoms with Gasteiger partial charge in [-0.1, -0.05) is 43.9 Å². The van der Waals surface area contributed by atoms with Crippen molar-refractivity contribution in [2.75, 3.05) is 6.54 Å². The van der Waals surface area contributed by atoms with E-state index in [-0.39, 0.29) is 0 Å². The Hall–Kier alpha value is -1.89. The van der Waals surface area contributed by atoms with E-state index in [2.05, 4.69) is 52.5 Å². The maximum Gasteiger partial charge on any atom is 0.0642 e. The predicted molar refractivity (Wildman–Crippen MR) is 95.5 cm³/mol. The average molecular weight is 281 g/mol. The SMILES string of the molecule is C=C/C(=C\C=C/C)C/N=C(/C)c1cc(CC)c(C)cc1C. The van der Waals surface area contributed by atoms with Gasteiger partial charge in [-0.05, 0) is 68.0 Å². The molecule has 112 valence electrons. The van der Waals surface area contributed by atoms with Gasteiger partial charge in [0.2, 0.25) is 0 Å². The lowest BCUT2D eigenvalue weighted by atomic mass is 9.96. The molecule has 0 N–H and O–H groups in total. The minimum absolute atomic E-state index is 0.675. The standard InChI is InChI=1S/C20H27N/c1-7-10-11-18(8-2)14-21-17(6)20-13-19(9-3)15(4)12-16(20)5/h7-8,10-13H,2,9,14H2,1,3-6H3/b10-7-,18-11+,21-17-. The topological polar surface area (TPSA) is 12.4 Å². The van der Waals surface area contributed by atoms with Crippen LogP contribution in [0.2, 0.25) is 0 Å². The third kappa shape index (κ3) is 4.86. The fourth-order valence-electron chi connectivity index (χ4n) is 2.37. The molecule has 1 nitrogen and oxygen atoms in total. The molecule has 0 aliphatic carbocycles. The number of hydrogen-bond donors (Lipinski definition) is 0. The second-order valence-corrected chi connectivity index (χ2v) is 5.32. The van der Waals surface area contributed by atoms with Gasteiger partial charge in [0.15, 0.2) is 0 Å². The van der Waals surface area contributed by atoms with Gasteiger partial charge in [0.1, 0.15) is 0 Å². The lowest BCUT2D eigenvalue weighted by molar-refractivity contribution is 1.10. The molecule has 1 aromatic rings. The molecule has 0 amide bonds. The van der Waals surface area contributed by atoms with Crippen LogP contribution in [0.5, 0.6) is 0 Å². The molecule has 1 aromatic carbocycles. The Morgan fingerprint density at radius 2 is 1.95 bits per heavy atom. The number of allylic oxidation sites excluding steroid dienone is 3. The lowest BCUT2D eigenvalue weighted by Gasteiger charge is -2.11. The van der Waals surface area contributed by atoms with E-state index in [1.165, 1.54) is 22.3 Å². The summed E-state index contributed by atoms with van der Waals surface area (Å²) in [5, 5.41) is 0. The molecular weight excluding hydrogens is 254 g/mol. The smallest absolute Gasteiger partial charge is 0.0642 e. The van der Waals surface area contributed by atoms with E-state index in [9.17, 15) is 0 Å². The minimum atomic E-state index is 0.675. The molecule has 0 heterocycles. The summed E-state index contributed by atoms with van der Waals surface area (Å²) in [5.74, 6) is 0. The normalized spacial score (nSPS) is 13.0. The summed E-state index contributed by atoms with van der Waals surface area (Å²) in [6, 6.07) is 4.55. The van der Waals surface area contributed by atoms with Gasteiger partial charge < -0.3 is 0 Å². The van der Waals surface area contributed by atoms with Crippen LogP contribution in [0.25, 0.3) is 0 Å². The van der Waals surface area contributed by atoms with Crippen LogP contribution in [0.4, 0.5) is 0 Å². The average Bonchev–Trinajstić information content (AvgIpc) is 2.47. The van der Waals surface area contributed by atoms with Gasteiger partial charge in [-0.25, -0.2) is 0 Å². The zero-order chi connectivity index (χ0) is 15.8. The van der Waals surface area contributed by atoms with Crippen LogP contribution in [0.1, 0.15) is 43.0 Å². The van der Waals surface area contributed by atoms with Crippen LogP contribution in [0, 0.1) is 13.8 Å². The third-order valence-corrected chi connectivity index (χ3v) is 3.72. The molecule has 1 rings (SSSR count). The second-order valence-electron chi connectivity index (χ2n) is 5.32. The monoisotopic (exact) mass is 281 g/mol. The number of rotatable bonds is 6. The maximum atomic E-state index is 4.73. The molecule has 0 radical (unpaired) electrons. The first-order valence-corrected chi connectivity index (χ1v) is 7.59. The van der Waals surface area contributed by atoms with Gasteiger partial charge in [-0.15, -0.1) is 0 Å². The van der Waals surface area contributed by atoms with Crippen LogP contribution in [0.3, 0.4) is 0 Å². The quantitative estimate of drug-likeness (QED) is 0.491. The van der Waals surface area contributed by atoms with Crippen LogP contribution < -0.4 is 0 Å². The van der Waals surface area contributed by atoms with E-state index in [1.807, 2.05) is 25.2 Å². The Bertz CT molecular complexity index is 586. The van der Waals surface area contributed by atoms with Crippen molar-refractivity contribution in [3.63, 3.8) is 0 Å². The Kier molecular flexibility index (Phi) is 6.87. The maximum absolute atomic E-state index is 4.73. The van der Waals surface area contributed by atoms with Crippen molar-refractivity contribution in [2.24, 2.45) is 4.99 Å². The number of aliphatic imine (C=N–C) groups is 1. The lowest BCUT2D eigenvalue weighted by Crippen LogP contribution is -2.03. The number of aryl methyl sites for hydroxylation is 3. The fourth-order valence-corrected chi connectivity index (χ4v) is 2.37. The summed E-state index contributed by atoms with van der Waals surface area (Å²) in [5.41, 5.74) is 7.55. The van der Waals surface area contributed by atoms with Crippen molar-refractivity contribution in [1.82, 2.24) is 0 Å². The molecule has 1 heteroatoms. The van der Waals surface area contributed by atoms with Crippen molar-refractivity contribution in [3.05, 3.63) is 70.8 Å². The summed E-state index contributed by atoms with van der Waals surface area (Å²) in [4.78, 5) is 4.73. The van der Waals surface area contributed by atoms with Crippen molar-refractivity contribution in [3.8, 4) is 0 Å². The molecule has 0 saturated carbocycles. The highest BCUT2D eigenvalue weighted by molar-refractivity contribution is 6.00. The molecule has 0 aliphatic heterocycles. The molecule has 0 atom stereocenters. The summed E-state index contributed by atoms with van der Waals surface area (Å²) >= 11 is 0. The predicted octanol–water partition coefficient (Wildman–Crippen LogP) is 5.36. The van der Waals surface area contributed by atoms with Gasteiger partial charge in [0.05, 0.1) is 6.54 Å². The van der Waals surface area contributed by atoms with Crippen LogP contribution in [-0.2, 0) is 6.42 Å². The van der Waals surface area contributed by atoms with E-state index in [4.69, 9.17) is 4.99 Å². The Morgan fingerprint density at radius 1 is 1.24 bits per heavy atom. The largest absolute Gasteiger partial charge is 0.285 e. The number of nitrogens with zero attached hydrogens (tertiary/aromatic N) is 1. The number of hydrogen-bond acceptors (Lipinski definition) is 1. The summed E-state index contributed by atoms with van der Waals surface area (Å²) < 4.78 is 0. The third-order valence-electron chi connectivity index (χ3n) is 3.72. The fraction of sp³-hybridized carbons (Fsp3) is 0.350. The van der Waals surface area contributed by atoms with E-state index in [1.54, 1.807) is 0 Å². The minimum Gasteiger partial charge on any atom is -0.285 e. The van der Waals surface area contributed by atoms with E-state index in [0.717, 1.165) is 17.7 Å². The number of benzene rings is 1. The van der Waals surface area contributed by atoms with Crippen molar-refractivity contribution in [2.45, 2.75) is 41.0 Å². The van der Waals surface area contributed by atoms with Crippen molar-refractivity contribution < 1.29 is 0 Å². The molecule has 0 saturated heterocycles. The molecule has 0 unspecified atom stereocenters. The Balaban J connectivity index is 3.05. The van der Waals surface area contributed by atoms with Gasteiger partial charge in [-0.2, -0.15) is 0 Å².